The zero-order valence-electron chi connectivity index (χ0n) is 21.7. The van der Waals surface area contributed by atoms with Crippen LogP contribution < -0.4 is 10.6 Å². The van der Waals surface area contributed by atoms with Gasteiger partial charge in [-0.1, -0.05) is 62.0 Å². The van der Waals surface area contributed by atoms with E-state index in [1.807, 2.05) is 36.4 Å². The van der Waals surface area contributed by atoms with Crippen LogP contribution in [0.4, 0.5) is 11.4 Å². The van der Waals surface area contributed by atoms with Gasteiger partial charge in [0.05, 0.1) is 0 Å². The third-order valence-corrected chi connectivity index (χ3v) is 7.12. The Bertz CT molecular complexity index is 1340. The van der Waals surface area contributed by atoms with Gasteiger partial charge in [0.1, 0.15) is 10.6 Å². The molecule has 0 aliphatic carbocycles. The summed E-state index contributed by atoms with van der Waals surface area (Å²) in [5, 5.41) is 6.08. The highest BCUT2D eigenvalue weighted by Gasteiger charge is 2.38. The minimum Gasteiger partial charge on any atom is -0.385 e. The maximum Gasteiger partial charge on any atom is 0.278 e. The molecule has 3 aromatic carbocycles. The predicted octanol–water partition coefficient (Wildman–Crippen LogP) is 5.88. The number of nitrogens with one attached hydrogen (secondary N) is 2. The first kappa shape index (κ1) is 27.2. The van der Waals surface area contributed by atoms with Crippen LogP contribution in [-0.4, -0.2) is 42.9 Å². The van der Waals surface area contributed by atoms with Crippen LogP contribution in [0.25, 0.3) is 0 Å². The Hall–Kier alpha value is -3.88. The van der Waals surface area contributed by atoms with Crippen molar-refractivity contribution in [1.29, 1.82) is 0 Å². The van der Waals surface area contributed by atoms with Gasteiger partial charge < -0.3 is 15.4 Å². The number of imide groups is 1. The van der Waals surface area contributed by atoms with Crippen molar-refractivity contribution in [3.63, 3.8) is 0 Å². The van der Waals surface area contributed by atoms with E-state index in [4.69, 9.17) is 4.74 Å². The van der Waals surface area contributed by atoms with Crippen molar-refractivity contribution in [3.8, 4) is 0 Å². The second-order valence-corrected chi connectivity index (χ2v) is 10.2. The summed E-state index contributed by atoms with van der Waals surface area (Å²) in [7, 11) is 1.59. The number of thioether (sulfide) groups is 1. The molecule has 3 aromatic rings. The molecule has 1 heterocycles. The molecule has 7 nitrogen and oxygen atoms in total. The molecule has 0 saturated heterocycles. The average molecular weight is 530 g/mol. The maximum absolute atomic E-state index is 13.4. The third kappa shape index (κ3) is 6.51. The van der Waals surface area contributed by atoms with Crippen molar-refractivity contribution < 1.29 is 19.1 Å². The number of ether oxygens (including phenoxy) is 1. The van der Waals surface area contributed by atoms with Gasteiger partial charge in [-0.3, -0.25) is 19.3 Å². The molecule has 2 N–H and O–H groups in total. The highest BCUT2D eigenvalue weighted by Crippen LogP contribution is 2.37. The van der Waals surface area contributed by atoms with Crippen LogP contribution in [0.1, 0.15) is 42.1 Å². The molecule has 0 radical (unpaired) electrons. The summed E-state index contributed by atoms with van der Waals surface area (Å²) in [4.78, 5) is 41.6. The van der Waals surface area contributed by atoms with Crippen LogP contribution in [0.5, 0.6) is 0 Å². The normalized spacial score (nSPS) is 13.4. The fraction of sp³-hybridized carbons (Fsp3) is 0.233. The SMILES string of the molecule is COCCCN1C(=O)C(Nc2ccc(C(C)C)cc2)=C(Sc2cccc(NC(=O)c3ccccc3)c2)C1=O. The lowest BCUT2D eigenvalue weighted by molar-refractivity contribution is -0.137. The first-order valence-electron chi connectivity index (χ1n) is 12.5. The van der Waals surface area contributed by atoms with Crippen LogP contribution in [0.15, 0.2) is 94.4 Å². The quantitative estimate of drug-likeness (QED) is 0.238. The van der Waals surface area contributed by atoms with Gasteiger partial charge in [-0.15, -0.1) is 0 Å². The largest absolute Gasteiger partial charge is 0.385 e. The zero-order chi connectivity index (χ0) is 27.1. The number of anilines is 2. The molecule has 38 heavy (non-hydrogen) atoms. The van der Waals surface area contributed by atoms with Gasteiger partial charge in [0, 0.05) is 42.1 Å². The lowest BCUT2D eigenvalue weighted by atomic mass is 10.0. The monoisotopic (exact) mass is 529 g/mol. The lowest BCUT2D eigenvalue weighted by Gasteiger charge is -2.15. The van der Waals surface area contributed by atoms with Gasteiger partial charge >= 0.3 is 0 Å². The minimum atomic E-state index is -0.366. The predicted molar refractivity (Wildman–Crippen MR) is 151 cm³/mol. The molecule has 0 unspecified atom stereocenters. The first-order valence-corrected chi connectivity index (χ1v) is 13.3. The highest BCUT2D eigenvalue weighted by atomic mass is 32.2. The summed E-state index contributed by atoms with van der Waals surface area (Å²) in [6.45, 7) is 4.95. The smallest absolute Gasteiger partial charge is 0.278 e. The van der Waals surface area contributed by atoms with Gasteiger partial charge in [-0.05, 0) is 60.4 Å². The molecular weight excluding hydrogens is 498 g/mol. The molecule has 0 bridgehead atoms. The number of hydrogen-bond donors (Lipinski definition) is 2. The summed E-state index contributed by atoms with van der Waals surface area (Å²) in [5.41, 5.74) is 3.30. The van der Waals surface area contributed by atoms with Crippen molar-refractivity contribution >= 4 is 40.9 Å². The molecule has 1 aliphatic rings. The maximum atomic E-state index is 13.4. The molecule has 0 fully saturated rings. The van der Waals surface area contributed by atoms with Gasteiger partial charge in [0.2, 0.25) is 0 Å². The molecular formula is C30H31N3O4S. The number of nitrogens with zero attached hydrogens (tertiary/aromatic N) is 1. The first-order chi connectivity index (χ1) is 18.4. The van der Waals surface area contributed by atoms with Crippen molar-refractivity contribution in [3.05, 3.63) is 101 Å². The van der Waals surface area contributed by atoms with Gasteiger partial charge in [-0.2, -0.15) is 0 Å². The highest BCUT2D eigenvalue weighted by molar-refractivity contribution is 8.04. The summed E-state index contributed by atoms with van der Waals surface area (Å²) in [5.74, 6) is -0.559. The Morgan fingerprint density at radius 2 is 1.66 bits per heavy atom. The number of benzene rings is 3. The second-order valence-electron chi connectivity index (χ2n) is 9.16. The zero-order valence-corrected chi connectivity index (χ0v) is 22.5. The Kier molecular flexibility index (Phi) is 8.99. The number of rotatable bonds is 11. The fourth-order valence-electron chi connectivity index (χ4n) is 3.97. The molecule has 196 valence electrons. The van der Waals surface area contributed by atoms with Crippen LogP contribution in [0, 0.1) is 0 Å². The molecule has 0 aromatic heterocycles. The Morgan fingerprint density at radius 3 is 2.34 bits per heavy atom. The van der Waals surface area contributed by atoms with Crippen LogP contribution in [0.3, 0.4) is 0 Å². The van der Waals surface area contributed by atoms with E-state index < -0.39 is 0 Å². The summed E-state index contributed by atoms with van der Waals surface area (Å²) in [6, 6.07) is 24.0. The van der Waals surface area contributed by atoms with E-state index in [2.05, 4.69) is 24.5 Å². The van der Waals surface area contributed by atoms with E-state index in [0.717, 1.165) is 10.6 Å². The molecule has 0 atom stereocenters. The minimum absolute atomic E-state index is 0.226. The van der Waals surface area contributed by atoms with Crippen molar-refractivity contribution in [2.24, 2.45) is 0 Å². The van der Waals surface area contributed by atoms with E-state index in [1.165, 1.54) is 22.2 Å². The Labute approximate surface area is 227 Å². The Balaban J connectivity index is 1.58. The third-order valence-electron chi connectivity index (χ3n) is 6.05. The topological polar surface area (TPSA) is 87.7 Å². The van der Waals surface area contributed by atoms with Crippen molar-refractivity contribution in [1.82, 2.24) is 4.90 Å². The van der Waals surface area contributed by atoms with Crippen LogP contribution >= 0.6 is 11.8 Å². The van der Waals surface area contributed by atoms with Crippen molar-refractivity contribution in [2.75, 3.05) is 30.9 Å². The molecule has 0 saturated carbocycles. The summed E-state index contributed by atoms with van der Waals surface area (Å²) in [6.07, 6.45) is 0.545. The summed E-state index contributed by atoms with van der Waals surface area (Å²) >= 11 is 1.20. The number of methoxy groups -OCH3 is 1. The van der Waals surface area contributed by atoms with E-state index >= 15 is 0 Å². The van der Waals surface area contributed by atoms with Gasteiger partial charge in [0.15, 0.2) is 0 Å². The fourth-order valence-corrected chi connectivity index (χ4v) is 4.98. The standard InChI is InChI=1S/C30H31N3O4S/c1-20(2)21-13-15-23(16-14-21)31-26-27(30(36)33(29(26)35)17-8-18-37-3)38-25-12-7-11-24(19-25)32-28(34)22-9-5-4-6-10-22/h4-7,9-16,19-20,31H,8,17-18H2,1-3H3,(H,32,34). The molecule has 4 rings (SSSR count). The molecule has 8 heteroatoms. The van der Waals surface area contributed by atoms with E-state index in [1.54, 1.807) is 49.6 Å². The number of carbonyl (C=O) groups is 3. The average Bonchev–Trinajstić information content (AvgIpc) is 3.13. The molecule has 3 amide bonds. The molecule has 1 aliphatic heterocycles. The van der Waals surface area contributed by atoms with Gasteiger partial charge in [-0.25, -0.2) is 0 Å². The van der Waals surface area contributed by atoms with Crippen LogP contribution in [-0.2, 0) is 14.3 Å². The Morgan fingerprint density at radius 1 is 0.921 bits per heavy atom. The van der Waals surface area contributed by atoms with E-state index in [9.17, 15) is 14.4 Å². The van der Waals surface area contributed by atoms with Crippen LogP contribution in [0.2, 0.25) is 0 Å². The summed E-state index contributed by atoms with van der Waals surface area (Å²) < 4.78 is 5.11. The number of hydrogen-bond acceptors (Lipinski definition) is 6. The van der Waals surface area contributed by atoms with Gasteiger partial charge in [0.25, 0.3) is 17.7 Å². The van der Waals surface area contributed by atoms with E-state index in [0.29, 0.717) is 35.1 Å². The van der Waals surface area contributed by atoms with Crippen molar-refractivity contribution in [2.45, 2.75) is 31.1 Å². The van der Waals surface area contributed by atoms with E-state index in [-0.39, 0.29) is 30.0 Å². The number of amides is 3. The lowest BCUT2D eigenvalue weighted by Crippen LogP contribution is -2.33. The molecule has 0 spiro atoms. The number of carbonyl (C=O) groups excluding carboxylic acids is 3. The second kappa shape index (κ2) is 12.6.